The minimum absolute atomic E-state index is 0.143. The largest absolute Gasteiger partial charge is 0.493 e. The number of benzene rings is 1. The van der Waals surface area contributed by atoms with Gasteiger partial charge in [0.2, 0.25) is 0 Å². The van der Waals surface area contributed by atoms with E-state index in [1.54, 1.807) is 20.4 Å². The number of H-pyrrole nitrogens is 1. The van der Waals surface area contributed by atoms with Gasteiger partial charge in [-0.1, -0.05) is 17.7 Å². The topological polar surface area (TPSA) is 67.5 Å². The number of methoxy groups -OCH3 is 2. The van der Waals surface area contributed by atoms with Gasteiger partial charge in [0.25, 0.3) is 5.56 Å². The smallest absolute Gasteiger partial charge is 0.285 e. The lowest BCUT2D eigenvalue weighted by Crippen LogP contribution is -2.23. The molecule has 0 aliphatic carbocycles. The van der Waals surface area contributed by atoms with Crippen molar-refractivity contribution in [3.05, 3.63) is 45.3 Å². The van der Waals surface area contributed by atoms with Crippen LogP contribution in [0.2, 0.25) is 5.02 Å². The van der Waals surface area contributed by atoms with Crippen LogP contribution in [-0.4, -0.2) is 38.0 Å². The lowest BCUT2D eigenvalue weighted by Gasteiger charge is -2.19. The molecule has 0 bridgehead atoms. The van der Waals surface area contributed by atoms with E-state index in [2.05, 4.69) is 10.2 Å². The van der Waals surface area contributed by atoms with E-state index in [0.717, 1.165) is 12.0 Å². The van der Waals surface area contributed by atoms with Gasteiger partial charge in [-0.15, -0.1) is 0 Å². The molecule has 7 heteroatoms. The average molecular weight is 324 g/mol. The Morgan fingerprint density at radius 1 is 1.27 bits per heavy atom. The SMILES string of the molecule is COc1ccc(CCN(C)c2cn[nH]c(=O)c2Cl)cc1OC. The fourth-order valence-electron chi connectivity index (χ4n) is 2.09. The zero-order valence-corrected chi connectivity index (χ0v) is 13.5. The van der Waals surface area contributed by atoms with Gasteiger partial charge in [-0.05, 0) is 24.1 Å². The van der Waals surface area contributed by atoms with Crippen LogP contribution < -0.4 is 19.9 Å². The maximum absolute atomic E-state index is 11.5. The quantitative estimate of drug-likeness (QED) is 0.882. The third kappa shape index (κ3) is 3.51. The van der Waals surface area contributed by atoms with Gasteiger partial charge >= 0.3 is 0 Å². The highest BCUT2D eigenvalue weighted by Gasteiger charge is 2.10. The second-order valence-electron chi connectivity index (χ2n) is 4.76. The van der Waals surface area contributed by atoms with E-state index < -0.39 is 5.56 Å². The number of aromatic amines is 1. The zero-order chi connectivity index (χ0) is 16.1. The summed E-state index contributed by atoms with van der Waals surface area (Å²) in [6.45, 7) is 0.681. The number of anilines is 1. The molecule has 2 rings (SSSR count). The molecule has 0 spiro atoms. The van der Waals surface area contributed by atoms with Crippen molar-refractivity contribution in [3.8, 4) is 11.5 Å². The van der Waals surface area contributed by atoms with Crippen LogP contribution in [-0.2, 0) is 6.42 Å². The molecule has 0 saturated heterocycles. The van der Waals surface area contributed by atoms with Gasteiger partial charge in [0.1, 0.15) is 5.02 Å². The standard InChI is InChI=1S/C15H18ClN3O3/c1-19(11-9-17-18-15(20)14(11)16)7-6-10-4-5-12(21-2)13(8-10)22-3/h4-5,8-9H,6-7H2,1-3H3,(H,18,20). The number of rotatable bonds is 6. The van der Waals surface area contributed by atoms with Crippen LogP contribution >= 0.6 is 11.6 Å². The maximum atomic E-state index is 11.5. The minimum Gasteiger partial charge on any atom is -0.493 e. The first kappa shape index (κ1) is 16.2. The van der Waals surface area contributed by atoms with Gasteiger partial charge in [0.05, 0.1) is 26.1 Å². The number of likely N-dealkylation sites (N-methyl/N-ethyl adjacent to an activating group) is 1. The summed E-state index contributed by atoms with van der Waals surface area (Å²) in [7, 11) is 5.08. The Morgan fingerprint density at radius 2 is 2.00 bits per heavy atom. The Labute approximate surface area is 133 Å². The Bertz CT molecular complexity index is 703. The molecule has 2 aromatic rings. The van der Waals surface area contributed by atoms with Gasteiger partial charge in [0, 0.05) is 13.6 Å². The summed E-state index contributed by atoms with van der Waals surface area (Å²) in [5.74, 6) is 1.39. The third-order valence-electron chi connectivity index (χ3n) is 3.37. The lowest BCUT2D eigenvalue weighted by atomic mass is 10.1. The van der Waals surface area contributed by atoms with E-state index in [-0.39, 0.29) is 5.02 Å². The Hall–Kier alpha value is -2.21. The molecule has 6 nitrogen and oxygen atoms in total. The summed E-state index contributed by atoms with van der Waals surface area (Å²) in [5, 5.41) is 6.22. The van der Waals surface area contributed by atoms with E-state index in [0.29, 0.717) is 23.7 Å². The predicted octanol–water partition coefficient (Wildman–Crippen LogP) is 2.12. The molecule has 0 unspecified atom stereocenters. The monoisotopic (exact) mass is 323 g/mol. The van der Waals surface area contributed by atoms with E-state index in [1.807, 2.05) is 30.1 Å². The van der Waals surface area contributed by atoms with E-state index in [9.17, 15) is 4.79 Å². The van der Waals surface area contributed by atoms with E-state index in [1.165, 1.54) is 0 Å². The van der Waals surface area contributed by atoms with Crippen molar-refractivity contribution in [1.29, 1.82) is 0 Å². The van der Waals surface area contributed by atoms with Gasteiger partial charge < -0.3 is 14.4 Å². The summed E-state index contributed by atoms with van der Waals surface area (Å²) in [6, 6.07) is 5.78. The molecule has 0 saturated carbocycles. The van der Waals surface area contributed by atoms with Crippen molar-refractivity contribution in [2.75, 3.05) is 32.7 Å². The molecule has 1 aromatic carbocycles. The van der Waals surface area contributed by atoms with Crippen LogP contribution in [0.4, 0.5) is 5.69 Å². The number of halogens is 1. The molecule has 0 radical (unpaired) electrons. The number of hydrogen-bond donors (Lipinski definition) is 1. The molecule has 0 aliphatic rings. The zero-order valence-electron chi connectivity index (χ0n) is 12.7. The van der Waals surface area contributed by atoms with Crippen molar-refractivity contribution in [1.82, 2.24) is 10.2 Å². The average Bonchev–Trinajstić information content (AvgIpc) is 2.54. The van der Waals surface area contributed by atoms with Gasteiger partial charge in [-0.25, -0.2) is 5.10 Å². The minimum atomic E-state index is -0.392. The normalized spacial score (nSPS) is 10.4. The third-order valence-corrected chi connectivity index (χ3v) is 3.74. The van der Waals surface area contributed by atoms with Gasteiger partial charge in [0.15, 0.2) is 11.5 Å². The predicted molar refractivity (Wildman–Crippen MR) is 86.4 cm³/mol. The summed E-state index contributed by atoms with van der Waals surface area (Å²) < 4.78 is 10.5. The van der Waals surface area contributed by atoms with E-state index >= 15 is 0 Å². The maximum Gasteiger partial charge on any atom is 0.285 e. The molecule has 0 aliphatic heterocycles. The molecule has 118 valence electrons. The molecule has 0 fully saturated rings. The molecular formula is C15H18ClN3O3. The Balaban J connectivity index is 2.09. The van der Waals surface area contributed by atoms with Crippen molar-refractivity contribution < 1.29 is 9.47 Å². The number of nitrogens with zero attached hydrogens (tertiary/aromatic N) is 2. The number of ether oxygens (including phenoxy) is 2. The van der Waals surface area contributed by atoms with Crippen LogP contribution in [0.3, 0.4) is 0 Å². The molecule has 0 amide bonds. The fourth-order valence-corrected chi connectivity index (χ4v) is 2.33. The second kappa shape index (κ2) is 7.17. The highest BCUT2D eigenvalue weighted by atomic mass is 35.5. The molecule has 1 N–H and O–H groups in total. The summed E-state index contributed by atoms with van der Waals surface area (Å²) in [5.41, 5.74) is 1.31. The van der Waals surface area contributed by atoms with Crippen LogP contribution in [0.1, 0.15) is 5.56 Å². The number of aromatic nitrogens is 2. The molecular weight excluding hydrogens is 306 g/mol. The van der Waals surface area contributed by atoms with Gasteiger partial charge in [-0.3, -0.25) is 4.79 Å². The summed E-state index contributed by atoms with van der Waals surface area (Å²) >= 11 is 6.00. The first-order chi connectivity index (χ1) is 10.6. The lowest BCUT2D eigenvalue weighted by molar-refractivity contribution is 0.354. The van der Waals surface area contributed by atoms with Crippen LogP contribution in [0.25, 0.3) is 0 Å². The Kier molecular flexibility index (Phi) is 5.27. The Morgan fingerprint density at radius 3 is 2.68 bits per heavy atom. The first-order valence-electron chi connectivity index (χ1n) is 6.72. The van der Waals surface area contributed by atoms with Crippen LogP contribution in [0.15, 0.2) is 29.2 Å². The highest BCUT2D eigenvalue weighted by Crippen LogP contribution is 2.28. The van der Waals surface area contributed by atoms with Crippen molar-refractivity contribution >= 4 is 17.3 Å². The van der Waals surface area contributed by atoms with Crippen LogP contribution in [0.5, 0.6) is 11.5 Å². The first-order valence-corrected chi connectivity index (χ1v) is 7.09. The van der Waals surface area contributed by atoms with Crippen molar-refractivity contribution in [2.24, 2.45) is 0 Å². The fraction of sp³-hybridized carbons (Fsp3) is 0.333. The number of hydrogen-bond acceptors (Lipinski definition) is 5. The second-order valence-corrected chi connectivity index (χ2v) is 5.14. The van der Waals surface area contributed by atoms with Gasteiger partial charge in [-0.2, -0.15) is 5.10 Å². The highest BCUT2D eigenvalue weighted by molar-refractivity contribution is 6.32. The van der Waals surface area contributed by atoms with Crippen molar-refractivity contribution in [2.45, 2.75) is 6.42 Å². The summed E-state index contributed by atoms with van der Waals surface area (Å²) in [6.07, 6.45) is 2.30. The molecule has 0 atom stereocenters. The molecule has 1 heterocycles. The van der Waals surface area contributed by atoms with Crippen LogP contribution in [0, 0.1) is 0 Å². The molecule has 1 aromatic heterocycles. The number of nitrogens with one attached hydrogen (secondary N) is 1. The van der Waals surface area contributed by atoms with E-state index in [4.69, 9.17) is 21.1 Å². The van der Waals surface area contributed by atoms with Crippen molar-refractivity contribution in [3.63, 3.8) is 0 Å². The molecule has 22 heavy (non-hydrogen) atoms. The summed E-state index contributed by atoms with van der Waals surface area (Å²) in [4.78, 5) is 13.4.